The Hall–Kier alpha value is -2.97. The molecule has 0 aliphatic carbocycles. The lowest BCUT2D eigenvalue weighted by Crippen LogP contribution is -2.31. The third kappa shape index (κ3) is 6.38. The number of Topliss-reactive ketones (excluding diaryl/α,β-unsaturated/α-hetero) is 1. The molecule has 0 bridgehead atoms. The number of amides is 1. The van der Waals surface area contributed by atoms with Crippen molar-refractivity contribution in [2.45, 2.75) is 50.9 Å². The number of rotatable bonds is 10. The van der Waals surface area contributed by atoms with Gasteiger partial charge >= 0.3 is 0 Å². The topological polar surface area (TPSA) is 90.3 Å². The van der Waals surface area contributed by atoms with Gasteiger partial charge in [0.25, 0.3) is 11.5 Å². The maximum absolute atomic E-state index is 13.4. The first-order valence-corrected chi connectivity index (χ1v) is 13.1. The van der Waals surface area contributed by atoms with Gasteiger partial charge in [-0.3, -0.25) is 19.0 Å². The van der Waals surface area contributed by atoms with Crippen molar-refractivity contribution in [1.82, 2.24) is 14.9 Å². The molecule has 2 aromatic carbocycles. The highest BCUT2D eigenvalue weighted by Crippen LogP contribution is 2.21. The largest absolute Gasteiger partial charge is 0.376 e. The van der Waals surface area contributed by atoms with Crippen molar-refractivity contribution in [1.29, 1.82) is 0 Å². The number of nitrogens with zero attached hydrogens (tertiary/aromatic N) is 2. The second-order valence-corrected chi connectivity index (χ2v) is 10.1. The molecule has 0 radical (unpaired) electrons. The van der Waals surface area contributed by atoms with Crippen LogP contribution in [0.25, 0.3) is 10.9 Å². The first-order chi connectivity index (χ1) is 16.9. The summed E-state index contributed by atoms with van der Waals surface area (Å²) in [5.74, 6) is 0.339. The van der Waals surface area contributed by atoms with Gasteiger partial charge in [0.1, 0.15) is 0 Å². The van der Waals surface area contributed by atoms with E-state index < -0.39 is 0 Å². The minimum atomic E-state index is -0.221. The molecular weight excluding hydrogens is 462 g/mol. The van der Waals surface area contributed by atoms with Crippen molar-refractivity contribution >= 4 is 34.4 Å². The number of carbonyl (C=O) groups excluding carboxylic acids is 2. The molecule has 4 rings (SSSR count). The van der Waals surface area contributed by atoms with Crippen molar-refractivity contribution in [2.75, 3.05) is 18.9 Å². The molecule has 1 unspecified atom stereocenters. The summed E-state index contributed by atoms with van der Waals surface area (Å²) < 4.78 is 7.23. The molecule has 2 heterocycles. The number of nitrogens with one attached hydrogen (secondary N) is 1. The van der Waals surface area contributed by atoms with E-state index in [4.69, 9.17) is 9.72 Å². The van der Waals surface area contributed by atoms with Crippen LogP contribution in [0.1, 0.15) is 53.8 Å². The van der Waals surface area contributed by atoms with Gasteiger partial charge in [0.15, 0.2) is 10.9 Å². The summed E-state index contributed by atoms with van der Waals surface area (Å²) in [6.45, 7) is 5.92. The van der Waals surface area contributed by atoms with E-state index in [2.05, 4.69) is 19.2 Å². The zero-order chi connectivity index (χ0) is 24.8. The lowest BCUT2D eigenvalue weighted by Gasteiger charge is -2.15. The second-order valence-electron chi connectivity index (χ2n) is 9.19. The van der Waals surface area contributed by atoms with E-state index in [1.54, 1.807) is 34.9 Å². The molecule has 1 amide bonds. The molecule has 1 aliphatic heterocycles. The molecule has 3 aromatic rings. The number of ether oxygens (including phenoxy) is 1. The molecule has 1 aromatic heterocycles. The van der Waals surface area contributed by atoms with Crippen LogP contribution in [0.3, 0.4) is 0 Å². The SMILES string of the molecule is CC(C)CCn1c(SCC(=O)c2ccccc2)nc2cc(C(=O)NCC3CCCO3)ccc2c1=O. The first kappa shape index (κ1) is 25.1. The van der Waals surface area contributed by atoms with Gasteiger partial charge in [0, 0.05) is 30.8 Å². The van der Waals surface area contributed by atoms with Gasteiger partial charge in [-0.25, -0.2) is 4.98 Å². The van der Waals surface area contributed by atoms with E-state index in [9.17, 15) is 14.4 Å². The third-order valence-corrected chi connectivity index (χ3v) is 7.03. The Morgan fingerprint density at radius 1 is 1.17 bits per heavy atom. The van der Waals surface area contributed by atoms with Crippen LogP contribution >= 0.6 is 11.8 Å². The fraction of sp³-hybridized carbons (Fsp3) is 0.407. The Bertz CT molecular complexity index is 1250. The van der Waals surface area contributed by atoms with Crippen LogP contribution in [0.5, 0.6) is 0 Å². The molecule has 35 heavy (non-hydrogen) atoms. The summed E-state index contributed by atoms with van der Waals surface area (Å²) in [6.07, 6.45) is 2.82. The fourth-order valence-corrected chi connectivity index (χ4v) is 4.91. The van der Waals surface area contributed by atoms with Crippen LogP contribution in [0.15, 0.2) is 58.5 Å². The van der Waals surface area contributed by atoms with E-state index >= 15 is 0 Å². The molecule has 1 aliphatic rings. The summed E-state index contributed by atoms with van der Waals surface area (Å²) in [5.41, 5.74) is 1.37. The summed E-state index contributed by atoms with van der Waals surface area (Å²) >= 11 is 1.26. The van der Waals surface area contributed by atoms with E-state index in [1.165, 1.54) is 11.8 Å². The number of hydrogen-bond donors (Lipinski definition) is 1. The smallest absolute Gasteiger partial charge is 0.262 e. The summed E-state index contributed by atoms with van der Waals surface area (Å²) in [4.78, 5) is 43.5. The molecule has 7 nitrogen and oxygen atoms in total. The van der Waals surface area contributed by atoms with Gasteiger partial charge in [-0.2, -0.15) is 0 Å². The third-order valence-electron chi connectivity index (χ3n) is 6.05. The molecule has 184 valence electrons. The highest BCUT2D eigenvalue weighted by Gasteiger charge is 2.19. The van der Waals surface area contributed by atoms with E-state index in [0.717, 1.165) is 25.9 Å². The Balaban J connectivity index is 1.59. The van der Waals surface area contributed by atoms with Crippen molar-refractivity contribution < 1.29 is 14.3 Å². The number of thioether (sulfide) groups is 1. The van der Waals surface area contributed by atoms with Gasteiger partial charge < -0.3 is 10.1 Å². The lowest BCUT2D eigenvalue weighted by molar-refractivity contribution is 0.0857. The average Bonchev–Trinajstić information content (AvgIpc) is 3.39. The molecule has 1 saturated heterocycles. The Morgan fingerprint density at radius 2 is 1.97 bits per heavy atom. The minimum Gasteiger partial charge on any atom is -0.376 e. The fourth-order valence-electron chi connectivity index (χ4n) is 3.99. The molecule has 0 spiro atoms. The van der Waals surface area contributed by atoms with E-state index in [-0.39, 0.29) is 29.1 Å². The zero-order valence-corrected chi connectivity index (χ0v) is 21.0. The first-order valence-electron chi connectivity index (χ1n) is 12.1. The van der Waals surface area contributed by atoms with Crippen LogP contribution in [-0.4, -0.2) is 46.2 Å². The van der Waals surface area contributed by atoms with Gasteiger partial charge in [-0.15, -0.1) is 0 Å². The van der Waals surface area contributed by atoms with Crippen molar-refractivity contribution in [3.63, 3.8) is 0 Å². The average molecular weight is 494 g/mol. The number of aromatic nitrogens is 2. The van der Waals surface area contributed by atoms with Gasteiger partial charge in [0.2, 0.25) is 0 Å². The van der Waals surface area contributed by atoms with Crippen LogP contribution in [0.2, 0.25) is 0 Å². The lowest BCUT2D eigenvalue weighted by atomic mass is 10.1. The van der Waals surface area contributed by atoms with Crippen molar-refractivity contribution in [3.05, 3.63) is 70.0 Å². The normalized spacial score (nSPS) is 15.6. The standard InChI is InChI=1S/C27H31N3O4S/c1-18(2)12-13-30-26(33)22-11-10-20(25(32)28-16-21-9-6-14-34-21)15-23(22)29-27(30)35-17-24(31)19-7-4-3-5-8-19/h3-5,7-8,10-11,15,18,21H,6,9,12-14,16-17H2,1-2H3,(H,28,32). The molecule has 0 saturated carbocycles. The molecule has 1 N–H and O–H groups in total. The Morgan fingerprint density at radius 3 is 2.69 bits per heavy atom. The van der Waals surface area contributed by atoms with Gasteiger partial charge in [-0.05, 0) is 43.4 Å². The number of hydrogen-bond acceptors (Lipinski definition) is 6. The van der Waals surface area contributed by atoms with Crippen LogP contribution in [0.4, 0.5) is 0 Å². The number of carbonyl (C=O) groups is 2. The van der Waals surface area contributed by atoms with E-state index in [0.29, 0.717) is 46.2 Å². The quantitative estimate of drug-likeness (QED) is 0.257. The maximum Gasteiger partial charge on any atom is 0.262 e. The predicted octanol–water partition coefficient (Wildman–Crippen LogP) is 4.33. The van der Waals surface area contributed by atoms with Crippen molar-refractivity contribution in [2.24, 2.45) is 5.92 Å². The second kappa shape index (κ2) is 11.6. The highest BCUT2D eigenvalue weighted by molar-refractivity contribution is 7.99. The Labute approximate surface area is 209 Å². The monoisotopic (exact) mass is 493 g/mol. The number of fused-ring (bicyclic) bond motifs is 1. The molecular formula is C27H31N3O4S. The number of benzene rings is 2. The van der Waals surface area contributed by atoms with Crippen LogP contribution < -0.4 is 10.9 Å². The molecule has 1 fully saturated rings. The molecule has 8 heteroatoms. The van der Waals surface area contributed by atoms with Crippen LogP contribution in [0, 0.1) is 5.92 Å². The predicted molar refractivity (Wildman–Crippen MR) is 138 cm³/mol. The minimum absolute atomic E-state index is 0.0254. The molecule has 1 atom stereocenters. The zero-order valence-electron chi connectivity index (χ0n) is 20.2. The van der Waals surface area contributed by atoms with Gasteiger partial charge in [-0.1, -0.05) is 55.9 Å². The van der Waals surface area contributed by atoms with Gasteiger partial charge in [0.05, 0.1) is 22.8 Å². The summed E-state index contributed by atoms with van der Waals surface area (Å²) in [6, 6.07) is 14.1. The summed E-state index contributed by atoms with van der Waals surface area (Å²) in [5, 5.41) is 3.86. The number of ketones is 1. The van der Waals surface area contributed by atoms with E-state index in [1.807, 2.05) is 18.2 Å². The summed E-state index contributed by atoms with van der Waals surface area (Å²) in [7, 11) is 0. The van der Waals surface area contributed by atoms with Crippen LogP contribution in [-0.2, 0) is 11.3 Å². The Kier molecular flexibility index (Phi) is 8.36. The van der Waals surface area contributed by atoms with Crippen molar-refractivity contribution in [3.8, 4) is 0 Å². The highest BCUT2D eigenvalue weighted by atomic mass is 32.2. The maximum atomic E-state index is 13.4.